The van der Waals surface area contributed by atoms with Gasteiger partial charge in [0.1, 0.15) is 17.6 Å². The van der Waals surface area contributed by atoms with E-state index in [9.17, 15) is 5.02 Å². The summed E-state index contributed by atoms with van der Waals surface area (Å²) in [6, 6.07) is 9.64. The molecule has 0 atom stereocenters. The standard InChI is InChI=1S/C12H16BCl2NO2.C6H14BNO2.C6H4Cl2O/c1-13(17)16-4-2-11(3-5-16)18-12-7-9(14)6-10(15)8-12;1-7(10)8-4-2-6(9)3-5-8;7-4-1-5(8)3-6(9)2-4/h6-8,11,17H,2-5H2,1H3;6,9-10H,2-5H2,1H3;1-3,9H. The number of hydrogen-bond acceptors (Lipinski definition) is 7. The third-order valence-electron chi connectivity index (χ3n) is 6.02. The molecule has 4 rings (SSSR count). The lowest BCUT2D eigenvalue weighted by atomic mass is 9.82. The molecule has 0 aromatic heterocycles. The van der Waals surface area contributed by atoms with Crippen LogP contribution < -0.4 is 4.74 Å². The van der Waals surface area contributed by atoms with Gasteiger partial charge in [-0.1, -0.05) is 46.4 Å². The average molecular weight is 594 g/mol. The van der Waals surface area contributed by atoms with E-state index in [4.69, 9.17) is 66.4 Å². The zero-order valence-corrected chi connectivity index (χ0v) is 24.1. The van der Waals surface area contributed by atoms with Gasteiger partial charge in [0.15, 0.2) is 0 Å². The first-order valence-electron chi connectivity index (χ1n) is 12.2. The maximum Gasteiger partial charge on any atom is 0.376 e. The number of aliphatic hydroxyl groups excluding tert-OH is 1. The quantitative estimate of drug-likeness (QED) is 0.362. The Labute approximate surface area is 240 Å². The van der Waals surface area contributed by atoms with Crippen molar-refractivity contribution in [2.24, 2.45) is 0 Å². The van der Waals surface area contributed by atoms with Crippen molar-refractivity contribution in [3.8, 4) is 11.5 Å². The monoisotopic (exact) mass is 592 g/mol. The third kappa shape index (κ3) is 12.7. The van der Waals surface area contributed by atoms with E-state index in [0.717, 1.165) is 51.9 Å². The Morgan fingerprint density at radius 3 is 1.46 bits per heavy atom. The number of halogens is 4. The van der Waals surface area contributed by atoms with Gasteiger partial charge in [0, 0.05) is 20.1 Å². The van der Waals surface area contributed by atoms with E-state index in [1.807, 2.05) is 9.62 Å². The van der Waals surface area contributed by atoms with Gasteiger partial charge in [-0.05, 0) is 102 Å². The molecule has 2 aliphatic heterocycles. The fourth-order valence-electron chi connectivity index (χ4n) is 3.96. The van der Waals surface area contributed by atoms with Crippen LogP contribution in [-0.2, 0) is 0 Å². The molecule has 7 nitrogen and oxygen atoms in total. The zero-order chi connectivity index (χ0) is 27.5. The first-order valence-corrected chi connectivity index (χ1v) is 13.7. The van der Waals surface area contributed by atoms with Crippen LogP contribution in [0, 0.1) is 0 Å². The molecule has 0 amide bonds. The Kier molecular flexibility index (Phi) is 14.2. The molecule has 0 saturated carbocycles. The molecule has 37 heavy (non-hydrogen) atoms. The van der Waals surface area contributed by atoms with Crippen LogP contribution in [0.2, 0.25) is 33.7 Å². The second-order valence-electron chi connectivity index (χ2n) is 9.12. The van der Waals surface area contributed by atoms with Gasteiger partial charge in [0.2, 0.25) is 0 Å². The predicted molar refractivity (Wildman–Crippen MR) is 154 cm³/mol. The minimum absolute atomic E-state index is 0.0903. The smallest absolute Gasteiger partial charge is 0.376 e. The second kappa shape index (κ2) is 16.3. The van der Waals surface area contributed by atoms with Gasteiger partial charge >= 0.3 is 14.1 Å². The number of rotatable bonds is 4. The SMILES string of the molecule is CB(O)N1CCC(O)CC1.CB(O)N1CCC(Oc2cc(Cl)cc(Cl)c2)CC1.Oc1cc(Cl)cc(Cl)c1. The maximum absolute atomic E-state index is 9.48. The first kappa shape index (κ1) is 32.3. The molecule has 0 aliphatic carbocycles. The summed E-state index contributed by atoms with van der Waals surface area (Å²) >= 11 is 22.9. The van der Waals surface area contributed by atoms with Crippen LogP contribution in [0.3, 0.4) is 0 Å². The van der Waals surface area contributed by atoms with Crippen molar-refractivity contribution in [2.45, 2.75) is 51.5 Å². The van der Waals surface area contributed by atoms with E-state index in [0.29, 0.717) is 25.8 Å². The van der Waals surface area contributed by atoms with Gasteiger partial charge in [0.05, 0.1) is 6.10 Å². The Morgan fingerprint density at radius 1 is 0.703 bits per heavy atom. The molecule has 0 spiro atoms. The van der Waals surface area contributed by atoms with Crippen molar-refractivity contribution in [3.63, 3.8) is 0 Å². The van der Waals surface area contributed by atoms with E-state index < -0.39 is 0 Å². The zero-order valence-electron chi connectivity index (χ0n) is 21.0. The van der Waals surface area contributed by atoms with E-state index in [1.165, 1.54) is 12.1 Å². The van der Waals surface area contributed by atoms with Crippen LogP contribution >= 0.6 is 46.4 Å². The van der Waals surface area contributed by atoms with Crippen LogP contribution in [0.25, 0.3) is 0 Å². The Hall–Kier alpha value is -0.870. The number of benzene rings is 2. The van der Waals surface area contributed by atoms with Gasteiger partial charge in [-0.3, -0.25) is 0 Å². The van der Waals surface area contributed by atoms with Crippen LogP contribution in [0.15, 0.2) is 36.4 Å². The number of hydrogen-bond donors (Lipinski definition) is 4. The molecule has 2 aromatic carbocycles. The lowest BCUT2D eigenvalue weighted by Crippen LogP contribution is -2.45. The van der Waals surface area contributed by atoms with E-state index in [-0.39, 0.29) is 32.1 Å². The van der Waals surface area contributed by atoms with Crippen LogP contribution in [0.4, 0.5) is 0 Å². The molecule has 0 unspecified atom stereocenters. The summed E-state index contributed by atoms with van der Waals surface area (Å²) in [4.78, 5) is 4.00. The summed E-state index contributed by atoms with van der Waals surface area (Å²) in [6.07, 6.45) is 3.41. The highest BCUT2D eigenvalue weighted by molar-refractivity contribution is 6.45. The predicted octanol–water partition coefficient (Wildman–Crippen LogP) is 5.20. The number of piperidine rings is 2. The Balaban J connectivity index is 0.000000214. The Bertz CT molecular complexity index is 890. The van der Waals surface area contributed by atoms with Crippen LogP contribution in [-0.4, -0.2) is 82.4 Å². The number of nitrogens with zero attached hydrogens (tertiary/aromatic N) is 2. The molecule has 204 valence electrons. The van der Waals surface area contributed by atoms with Crippen molar-refractivity contribution in [3.05, 3.63) is 56.5 Å². The largest absolute Gasteiger partial charge is 0.508 e. The summed E-state index contributed by atoms with van der Waals surface area (Å²) < 4.78 is 5.87. The van der Waals surface area contributed by atoms with Gasteiger partial charge in [0.25, 0.3) is 0 Å². The molecule has 4 N–H and O–H groups in total. The van der Waals surface area contributed by atoms with Crippen molar-refractivity contribution in [2.75, 3.05) is 26.2 Å². The van der Waals surface area contributed by atoms with E-state index in [2.05, 4.69) is 0 Å². The van der Waals surface area contributed by atoms with E-state index >= 15 is 0 Å². The summed E-state index contributed by atoms with van der Waals surface area (Å²) in [6.45, 7) is 6.88. The summed E-state index contributed by atoms with van der Waals surface area (Å²) in [5.74, 6) is 0.801. The highest BCUT2D eigenvalue weighted by atomic mass is 35.5. The number of phenols is 1. The lowest BCUT2D eigenvalue weighted by molar-refractivity contribution is 0.107. The molecule has 2 fully saturated rings. The van der Waals surface area contributed by atoms with Crippen LogP contribution in [0.1, 0.15) is 25.7 Å². The summed E-state index contributed by atoms with van der Waals surface area (Å²) in [5.41, 5.74) is 0. The first-order chi connectivity index (χ1) is 17.4. The molecule has 2 aromatic rings. The normalized spacial score (nSPS) is 17.2. The van der Waals surface area contributed by atoms with Crippen molar-refractivity contribution in [1.29, 1.82) is 0 Å². The molecule has 13 heteroatoms. The number of phenolic OH excluding ortho intramolecular Hbond substituents is 1. The van der Waals surface area contributed by atoms with Gasteiger partial charge < -0.3 is 34.6 Å². The van der Waals surface area contributed by atoms with Gasteiger partial charge in [-0.15, -0.1) is 0 Å². The third-order valence-corrected chi connectivity index (χ3v) is 6.89. The summed E-state index contributed by atoms with van der Waals surface area (Å²) in [5, 5.41) is 38.6. The molecule has 0 bridgehead atoms. The molecule has 0 radical (unpaired) electrons. The summed E-state index contributed by atoms with van der Waals surface area (Å²) in [7, 11) is -0.737. The fourth-order valence-corrected chi connectivity index (χ4v) is 4.98. The van der Waals surface area contributed by atoms with Gasteiger partial charge in [-0.2, -0.15) is 0 Å². The second-order valence-corrected chi connectivity index (χ2v) is 10.9. The number of aromatic hydroxyl groups is 1. The molecular weight excluding hydrogens is 560 g/mol. The van der Waals surface area contributed by atoms with Crippen molar-refractivity contribution >= 4 is 60.5 Å². The van der Waals surface area contributed by atoms with Crippen molar-refractivity contribution < 1.29 is 25.0 Å². The minimum atomic E-state index is -0.383. The van der Waals surface area contributed by atoms with E-state index in [1.54, 1.807) is 37.9 Å². The van der Waals surface area contributed by atoms with Gasteiger partial charge in [-0.25, -0.2) is 0 Å². The highest BCUT2D eigenvalue weighted by Gasteiger charge is 2.25. The number of aliphatic hydroxyl groups is 1. The van der Waals surface area contributed by atoms with Crippen LogP contribution in [0.5, 0.6) is 11.5 Å². The maximum atomic E-state index is 9.48. The molecular formula is C24H34B2Cl4N2O5. The Morgan fingerprint density at radius 2 is 1.08 bits per heavy atom. The molecule has 2 heterocycles. The minimum Gasteiger partial charge on any atom is -0.508 e. The average Bonchev–Trinajstić information content (AvgIpc) is 2.79. The fraction of sp³-hybridized carbons (Fsp3) is 0.500. The van der Waals surface area contributed by atoms with Crippen molar-refractivity contribution in [1.82, 2.24) is 9.62 Å². The molecule has 2 aliphatic rings. The highest BCUT2D eigenvalue weighted by Crippen LogP contribution is 2.27. The molecule has 2 saturated heterocycles. The topological polar surface area (TPSA) is 96.6 Å². The number of ether oxygens (including phenoxy) is 1. The lowest BCUT2D eigenvalue weighted by Gasteiger charge is -2.32.